The number of hydrogen-bond donors (Lipinski definition) is 5. The third-order valence-corrected chi connectivity index (χ3v) is 5.76. The summed E-state index contributed by atoms with van der Waals surface area (Å²) < 4.78 is 0. The number of benzene rings is 1. The maximum absolute atomic E-state index is 13.1. The van der Waals surface area contributed by atoms with E-state index < -0.39 is 12.1 Å². The second-order valence-electron chi connectivity index (χ2n) is 8.95. The van der Waals surface area contributed by atoms with Crippen LogP contribution in [0.25, 0.3) is 10.9 Å². The summed E-state index contributed by atoms with van der Waals surface area (Å²) in [6.45, 7) is 6.48. The molecule has 1 aliphatic heterocycles. The summed E-state index contributed by atoms with van der Waals surface area (Å²) in [5, 5.41) is 12.6. The van der Waals surface area contributed by atoms with Gasteiger partial charge in [0.15, 0.2) is 0 Å². The lowest BCUT2D eigenvalue weighted by Gasteiger charge is -2.22. The Hall–Kier alpha value is -3.04. The van der Waals surface area contributed by atoms with Crippen LogP contribution in [0.1, 0.15) is 39.2 Å². The highest BCUT2D eigenvalue weighted by Crippen LogP contribution is 2.19. The zero-order chi connectivity index (χ0) is 24.0. The number of aromatic nitrogens is 1. The van der Waals surface area contributed by atoms with Gasteiger partial charge in [0.05, 0.1) is 30.0 Å². The van der Waals surface area contributed by atoms with Gasteiger partial charge in [-0.3, -0.25) is 19.4 Å². The molecule has 0 bridgehead atoms. The monoisotopic (exact) mass is 454 g/mol. The molecule has 33 heavy (non-hydrogen) atoms. The van der Waals surface area contributed by atoms with Crippen molar-refractivity contribution in [2.75, 3.05) is 18.4 Å². The van der Waals surface area contributed by atoms with Crippen LogP contribution in [0.5, 0.6) is 0 Å². The second-order valence-corrected chi connectivity index (χ2v) is 8.95. The Balaban J connectivity index is 1.65. The first-order valence-electron chi connectivity index (χ1n) is 11.5. The van der Waals surface area contributed by atoms with Gasteiger partial charge >= 0.3 is 0 Å². The normalized spacial score (nSPS) is 18.8. The SMILES string of the molecule is CCc1ccc2ncc(NC(=O)C(CC(C)C)NC(=O)[C@@H]3C[C@@H](NC(=O)CN)CN3)cc2c1. The standard InChI is InChI=1S/C24H34N6O3/c1-4-15-5-6-19-16(8-15)9-17(12-26-19)29-24(33)21(7-14(2)3)30-23(32)20-10-18(13-27-20)28-22(31)11-25/h5-6,8-9,12,14,18,20-21,27H,4,7,10-11,13,25H2,1-3H3,(H,28,31)(H,29,33)(H,30,32)/t18-,20+,21?/m1/s1. The van der Waals surface area contributed by atoms with E-state index in [1.54, 1.807) is 6.20 Å². The molecule has 6 N–H and O–H groups in total. The lowest BCUT2D eigenvalue weighted by Crippen LogP contribution is -2.50. The Bertz CT molecular complexity index is 1010. The third-order valence-electron chi connectivity index (χ3n) is 5.76. The number of carbonyl (C=O) groups excluding carboxylic acids is 3. The van der Waals surface area contributed by atoms with Crippen molar-refractivity contribution in [3.05, 3.63) is 36.0 Å². The minimum Gasteiger partial charge on any atom is -0.351 e. The molecule has 9 heteroatoms. The number of fused-ring (bicyclic) bond motifs is 1. The maximum Gasteiger partial charge on any atom is 0.247 e. The highest BCUT2D eigenvalue weighted by atomic mass is 16.2. The van der Waals surface area contributed by atoms with E-state index in [9.17, 15) is 14.4 Å². The van der Waals surface area contributed by atoms with Crippen LogP contribution in [-0.2, 0) is 20.8 Å². The Morgan fingerprint density at radius 3 is 2.73 bits per heavy atom. The quantitative estimate of drug-likeness (QED) is 0.384. The fourth-order valence-electron chi connectivity index (χ4n) is 4.01. The molecule has 1 aromatic heterocycles. The minimum absolute atomic E-state index is 0.0899. The molecule has 0 saturated carbocycles. The van der Waals surface area contributed by atoms with Gasteiger partial charge in [-0.2, -0.15) is 0 Å². The van der Waals surface area contributed by atoms with Crippen molar-refractivity contribution in [1.29, 1.82) is 0 Å². The van der Waals surface area contributed by atoms with Gasteiger partial charge in [-0.1, -0.05) is 26.8 Å². The van der Waals surface area contributed by atoms with E-state index >= 15 is 0 Å². The lowest BCUT2D eigenvalue weighted by atomic mass is 10.0. The maximum atomic E-state index is 13.1. The number of rotatable bonds is 9. The molecular weight excluding hydrogens is 420 g/mol. The van der Waals surface area contributed by atoms with E-state index in [-0.39, 0.29) is 36.2 Å². The molecule has 1 aliphatic rings. The summed E-state index contributed by atoms with van der Waals surface area (Å²) in [7, 11) is 0. The molecule has 0 aliphatic carbocycles. The topological polar surface area (TPSA) is 138 Å². The number of nitrogens with two attached hydrogens (primary N) is 1. The molecule has 2 heterocycles. The highest BCUT2D eigenvalue weighted by Gasteiger charge is 2.32. The smallest absolute Gasteiger partial charge is 0.247 e. The van der Waals surface area contributed by atoms with Crippen LogP contribution in [0.4, 0.5) is 5.69 Å². The second kappa shape index (κ2) is 11.2. The average Bonchev–Trinajstić information content (AvgIpc) is 3.26. The van der Waals surface area contributed by atoms with Gasteiger partial charge in [-0.25, -0.2) is 0 Å². The van der Waals surface area contributed by atoms with Crippen molar-refractivity contribution in [2.24, 2.45) is 11.7 Å². The number of hydrogen-bond acceptors (Lipinski definition) is 6. The Morgan fingerprint density at radius 2 is 2.03 bits per heavy atom. The van der Waals surface area contributed by atoms with Gasteiger partial charge in [0.25, 0.3) is 0 Å². The molecule has 3 rings (SSSR count). The zero-order valence-electron chi connectivity index (χ0n) is 19.5. The largest absolute Gasteiger partial charge is 0.351 e. The fraction of sp³-hybridized carbons (Fsp3) is 0.500. The molecular formula is C24H34N6O3. The van der Waals surface area contributed by atoms with Crippen LogP contribution in [0, 0.1) is 5.92 Å². The predicted molar refractivity (Wildman–Crippen MR) is 129 cm³/mol. The average molecular weight is 455 g/mol. The molecule has 0 spiro atoms. The van der Waals surface area contributed by atoms with E-state index in [1.807, 2.05) is 32.0 Å². The predicted octanol–water partition coefficient (Wildman–Crippen LogP) is 1.07. The Kier molecular flexibility index (Phi) is 8.35. The van der Waals surface area contributed by atoms with Crippen molar-refractivity contribution in [2.45, 2.75) is 58.2 Å². The Labute approximate surface area is 194 Å². The Morgan fingerprint density at radius 1 is 1.24 bits per heavy atom. The molecule has 1 aromatic carbocycles. The summed E-state index contributed by atoms with van der Waals surface area (Å²) in [6.07, 6.45) is 3.49. The number of nitrogens with zero attached hydrogens (tertiary/aromatic N) is 1. The van der Waals surface area contributed by atoms with E-state index in [4.69, 9.17) is 5.73 Å². The summed E-state index contributed by atoms with van der Waals surface area (Å²) in [4.78, 5) is 41.8. The molecule has 3 atom stereocenters. The van der Waals surface area contributed by atoms with Gasteiger partial charge in [-0.05, 0) is 48.9 Å². The summed E-state index contributed by atoms with van der Waals surface area (Å²) in [6, 6.07) is 6.66. The van der Waals surface area contributed by atoms with Crippen LogP contribution in [0.2, 0.25) is 0 Å². The molecule has 9 nitrogen and oxygen atoms in total. The third kappa shape index (κ3) is 6.72. The van der Waals surface area contributed by atoms with E-state index in [2.05, 4.69) is 39.2 Å². The number of anilines is 1. The van der Waals surface area contributed by atoms with Crippen LogP contribution < -0.4 is 27.0 Å². The molecule has 2 aromatic rings. The highest BCUT2D eigenvalue weighted by molar-refractivity contribution is 5.99. The van der Waals surface area contributed by atoms with Gasteiger partial charge in [0.2, 0.25) is 17.7 Å². The first-order valence-corrected chi connectivity index (χ1v) is 11.5. The zero-order valence-corrected chi connectivity index (χ0v) is 19.5. The van der Waals surface area contributed by atoms with Crippen LogP contribution in [-0.4, -0.2) is 53.9 Å². The van der Waals surface area contributed by atoms with E-state index in [0.29, 0.717) is 25.1 Å². The molecule has 178 valence electrons. The molecule has 1 saturated heterocycles. The fourth-order valence-corrected chi connectivity index (χ4v) is 4.01. The molecule has 0 radical (unpaired) electrons. The van der Waals surface area contributed by atoms with Crippen LogP contribution in [0.3, 0.4) is 0 Å². The van der Waals surface area contributed by atoms with E-state index in [0.717, 1.165) is 17.3 Å². The first kappa shape index (κ1) is 24.6. The summed E-state index contributed by atoms with van der Waals surface area (Å²) >= 11 is 0. The van der Waals surface area contributed by atoms with Crippen molar-refractivity contribution in [3.63, 3.8) is 0 Å². The molecule has 1 unspecified atom stereocenters. The van der Waals surface area contributed by atoms with Gasteiger partial charge in [0.1, 0.15) is 6.04 Å². The molecule has 3 amide bonds. The number of nitrogens with one attached hydrogen (secondary N) is 4. The van der Waals surface area contributed by atoms with Crippen LogP contribution >= 0.6 is 0 Å². The summed E-state index contributed by atoms with van der Waals surface area (Å²) in [5.74, 6) is -0.591. The number of amides is 3. The van der Waals surface area contributed by atoms with Crippen molar-refractivity contribution < 1.29 is 14.4 Å². The molecule has 1 fully saturated rings. The number of pyridine rings is 1. The van der Waals surface area contributed by atoms with Gasteiger partial charge in [0, 0.05) is 18.0 Å². The van der Waals surface area contributed by atoms with Gasteiger partial charge in [-0.15, -0.1) is 0 Å². The van der Waals surface area contributed by atoms with Crippen LogP contribution in [0.15, 0.2) is 30.5 Å². The lowest BCUT2D eigenvalue weighted by molar-refractivity contribution is -0.128. The van der Waals surface area contributed by atoms with Crippen molar-refractivity contribution in [3.8, 4) is 0 Å². The number of aryl methyl sites for hydroxylation is 1. The number of carbonyl (C=O) groups is 3. The summed E-state index contributed by atoms with van der Waals surface area (Å²) in [5.41, 5.74) is 7.99. The van der Waals surface area contributed by atoms with Crippen molar-refractivity contribution in [1.82, 2.24) is 20.9 Å². The minimum atomic E-state index is -0.686. The first-order chi connectivity index (χ1) is 15.8. The van der Waals surface area contributed by atoms with Gasteiger partial charge < -0.3 is 27.0 Å². The van der Waals surface area contributed by atoms with Crippen molar-refractivity contribution >= 4 is 34.3 Å². The van der Waals surface area contributed by atoms with E-state index in [1.165, 1.54) is 5.56 Å².